The fraction of sp³-hybridized carbons (Fsp3) is 0.0800. The molecule has 0 atom stereocenters. The molecule has 7 heteroatoms. The zero-order valence-corrected chi connectivity index (χ0v) is 17.9. The Morgan fingerprint density at radius 3 is 2.59 bits per heavy atom. The van der Waals surface area contributed by atoms with E-state index in [0.717, 1.165) is 27.6 Å². The fourth-order valence-electron chi connectivity index (χ4n) is 3.35. The molecule has 0 bridgehead atoms. The maximum atomic E-state index is 12.3. The normalized spacial score (nSPS) is 11.2. The van der Waals surface area contributed by atoms with E-state index >= 15 is 0 Å². The van der Waals surface area contributed by atoms with Crippen LogP contribution < -0.4 is 10.7 Å². The minimum atomic E-state index is -0.414. The monoisotopic (exact) mass is 444 g/mol. The van der Waals surface area contributed by atoms with Crippen molar-refractivity contribution in [2.45, 2.75) is 13.1 Å². The number of phenolic OH excluding ortho intramolecular Hbond substituents is 1. The summed E-state index contributed by atoms with van der Waals surface area (Å²) in [6.07, 6.45) is 3.41. The van der Waals surface area contributed by atoms with Crippen molar-refractivity contribution < 1.29 is 9.90 Å². The van der Waals surface area contributed by atoms with Gasteiger partial charge in [-0.05, 0) is 46.7 Å². The predicted molar refractivity (Wildman–Crippen MR) is 127 cm³/mol. The van der Waals surface area contributed by atoms with Gasteiger partial charge < -0.3 is 10.4 Å². The zero-order valence-electron chi connectivity index (χ0n) is 17.1. The first-order valence-electron chi connectivity index (χ1n) is 10.0. The summed E-state index contributed by atoms with van der Waals surface area (Å²) in [5.41, 5.74) is 5.85. The molecule has 32 heavy (non-hydrogen) atoms. The Hall–Kier alpha value is -3.74. The molecule has 1 aromatic heterocycles. The minimum absolute atomic E-state index is 0.0761. The lowest BCUT2D eigenvalue weighted by atomic mass is 10.00. The SMILES string of the molecule is O=C(NN=Cc1ccc(CNCc2ccccn2)c2ccccc12)c1ccc(O)c(Cl)c1. The van der Waals surface area contributed by atoms with Crippen LogP contribution in [-0.2, 0) is 13.1 Å². The van der Waals surface area contributed by atoms with Gasteiger partial charge in [0.25, 0.3) is 5.91 Å². The van der Waals surface area contributed by atoms with E-state index in [1.165, 1.54) is 18.2 Å². The average molecular weight is 445 g/mol. The molecule has 4 aromatic rings. The highest BCUT2D eigenvalue weighted by Crippen LogP contribution is 2.24. The van der Waals surface area contributed by atoms with Gasteiger partial charge in [-0.3, -0.25) is 9.78 Å². The lowest BCUT2D eigenvalue weighted by Crippen LogP contribution is -2.17. The van der Waals surface area contributed by atoms with Gasteiger partial charge in [0.15, 0.2) is 0 Å². The lowest BCUT2D eigenvalue weighted by molar-refractivity contribution is 0.0955. The number of halogens is 1. The maximum absolute atomic E-state index is 12.3. The van der Waals surface area contributed by atoms with E-state index in [1.54, 1.807) is 12.4 Å². The molecule has 1 heterocycles. The lowest BCUT2D eigenvalue weighted by Gasteiger charge is -2.10. The van der Waals surface area contributed by atoms with E-state index in [-0.39, 0.29) is 10.8 Å². The Balaban J connectivity index is 1.46. The van der Waals surface area contributed by atoms with Crippen LogP contribution in [0.25, 0.3) is 10.8 Å². The molecule has 0 radical (unpaired) electrons. The van der Waals surface area contributed by atoms with E-state index in [2.05, 4.69) is 33.0 Å². The van der Waals surface area contributed by atoms with Gasteiger partial charge in [-0.2, -0.15) is 5.10 Å². The molecule has 0 saturated carbocycles. The van der Waals surface area contributed by atoms with Crippen LogP contribution in [-0.4, -0.2) is 22.2 Å². The number of carbonyl (C=O) groups is 1. The number of benzene rings is 3. The Morgan fingerprint density at radius 2 is 1.81 bits per heavy atom. The number of rotatable bonds is 7. The number of aromatic hydroxyl groups is 1. The van der Waals surface area contributed by atoms with Crippen LogP contribution in [0.4, 0.5) is 0 Å². The number of phenols is 1. The number of aromatic nitrogens is 1. The van der Waals surface area contributed by atoms with Crippen molar-refractivity contribution in [2.24, 2.45) is 5.10 Å². The molecule has 0 unspecified atom stereocenters. The Bertz CT molecular complexity index is 1280. The molecule has 0 aliphatic heterocycles. The van der Waals surface area contributed by atoms with Crippen LogP contribution in [0.5, 0.6) is 5.75 Å². The van der Waals surface area contributed by atoms with Crippen LogP contribution >= 0.6 is 11.6 Å². The summed E-state index contributed by atoms with van der Waals surface area (Å²) in [6, 6.07) is 22.2. The molecule has 4 rings (SSSR count). The summed E-state index contributed by atoms with van der Waals surface area (Å²) < 4.78 is 0. The topological polar surface area (TPSA) is 86.6 Å². The van der Waals surface area contributed by atoms with E-state index in [0.29, 0.717) is 18.7 Å². The first-order valence-corrected chi connectivity index (χ1v) is 10.4. The second kappa shape index (κ2) is 10.0. The van der Waals surface area contributed by atoms with Gasteiger partial charge in [0.2, 0.25) is 0 Å². The van der Waals surface area contributed by atoms with Crippen molar-refractivity contribution in [3.05, 3.63) is 106 Å². The summed E-state index contributed by atoms with van der Waals surface area (Å²) in [6.45, 7) is 1.39. The van der Waals surface area contributed by atoms with Gasteiger partial charge in [-0.15, -0.1) is 0 Å². The number of hydrogen-bond acceptors (Lipinski definition) is 5. The molecule has 160 valence electrons. The molecular formula is C25H21ClN4O2. The smallest absolute Gasteiger partial charge is 0.271 e. The third-order valence-electron chi connectivity index (χ3n) is 4.98. The molecule has 0 aliphatic rings. The van der Waals surface area contributed by atoms with E-state index < -0.39 is 5.91 Å². The second-order valence-corrected chi connectivity index (χ2v) is 7.56. The van der Waals surface area contributed by atoms with Crippen molar-refractivity contribution in [3.63, 3.8) is 0 Å². The number of hydrogen-bond donors (Lipinski definition) is 3. The van der Waals surface area contributed by atoms with Gasteiger partial charge in [-0.25, -0.2) is 5.43 Å². The molecule has 0 spiro atoms. The molecule has 3 aromatic carbocycles. The zero-order chi connectivity index (χ0) is 22.3. The van der Waals surface area contributed by atoms with Crippen molar-refractivity contribution in [1.29, 1.82) is 0 Å². The van der Waals surface area contributed by atoms with E-state index in [4.69, 9.17) is 11.6 Å². The molecular weight excluding hydrogens is 424 g/mol. The summed E-state index contributed by atoms with van der Waals surface area (Å²) in [7, 11) is 0. The van der Waals surface area contributed by atoms with Crippen LogP contribution in [0.2, 0.25) is 5.02 Å². The van der Waals surface area contributed by atoms with Gasteiger partial charge in [0, 0.05) is 30.4 Å². The number of carbonyl (C=O) groups excluding carboxylic acids is 1. The fourth-order valence-corrected chi connectivity index (χ4v) is 3.53. The van der Waals surface area contributed by atoms with Gasteiger partial charge >= 0.3 is 0 Å². The van der Waals surface area contributed by atoms with E-state index in [1.807, 2.05) is 42.5 Å². The molecule has 6 nitrogen and oxygen atoms in total. The molecule has 0 fully saturated rings. The first kappa shape index (κ1) is 21.5. The standard InChI is InChI=1S/C25H21ClN4O2/c26-23-13-17(10-11-24(23)31)25(32)30-29-15-19-9-8-18(21-6-1-2-7-22(19)21)14-27-16-20-5-3-4-12-28-20/h1-13,15,27,31H,14,16H2,(H,30,32). The summed E-state index contributed by atoms with van der Waals surface area (Å²) in [5.74, 6) is -0.490. The number of nitrogens with one attached hydrogen (secondary N) is 2. The van der Waals surface area contributed by atoms with Crippen molar-refractivity contribution in [1.82, 2.24) is 15.7 Å². The van der Waals surface area contributed by atoms with Gasteiger partial charge in [-0.1, -0.05) is 54.1 Å². The second-order valence-electron chi connectivity index (χ2n) is 7.15. The van der Waals surface area contributed by atoms with Crippen LogP contribution in [0.15, 0.2) is 84.1 Å². The summed E-state index contributed by atoms with van der Waals surface area (Å²) in [4.78, 5) is 16.6. The van der Waals surface area contributed by atoms with Crippen molar-refractivity contribution in [3.8, 4) is 5.75 Å². The van der Waals surface area contributed by atoms with Crippen LogP contribution in [0, 0.1) is 0 Å². The average Bonchev–Trinajstić information content (AvgIpc) is 2.82. The molecule has 3 N–H and O–H groups in total. The number of fused-ring (bicyclic) bond motifs is 1. The Labute approximate surface area is 190 Å². The quantitative estimate of drug-likeness (QED) is 0.286. The molecule has 0 saturated heterocycles. The maximum Gasteiger partial charge on any atom is 0.271 e. The van der Waals surface area contributed by atoms with Crippen LogP contribution in [0.3, 0.4) is 0 Å². The number of hydrazone groups is 1. The minimum Gasteiger partial charge on any atom is -0.506 e. The molecule has 1 amide bonds. The molecule has 0 aliphatic carbocycles. The highest BCUT2D eigenvalue weighted by Gasteiger charge is 2.08. The van der Waals surface area contributed by atoms with Gasteiger partial charge in [0.05, 0.1) is 16.9 Å². The van der Waals surface area contributed by atoms with Gasteiger partial charge in [0.1, 0.15) is 5.75 Å². The number of nitrogens with zero attached hydrogens (tertiary/aromatic N) is 2. The predicted octanol–water partition coefficient (Wildman–Crippen LogP) is 4.65. The highest BCUT2D eigenvalue weighted by atomic mass is 35.5. The third kappa shape index (κ3) is 5.11. The van der Waals surface area contributed by atoms with E-state index in [9.17, 15) is 9.90 Å². The summed E-state index contributed by atoms with van der Waals surface area (Å²) >= 11 is 5.86. The number of amides is 1. The third-order valence-corrected chi connectivity index (χ3v) is 5.28. The largest absolute Gasteiger partial charge is 0.506 e. The Morgan fingerprint density at radius 1 is 1.00 bits per heavy atom. The first-order chi connectivity index (χ1) is 15.6. The van der Waals surface area contributed by atoms with Crippen LogP contribution in [0.1, 0.15) is 27.2 Å². The highest BCUT2D eigenvalue weighted by molar-refractivity contribution is 6.32. The van der Waals surface area contributed by atoms with Crippen molar-refractivity contribution >= 4 is 34.5 Å². The number of pyridine rings is 1. The Kier molecular flexibility index (Phi) is 6.75. The van der Waals surface area contributed by atoms with Crippen molar-refractivity contribution in [2.75, 3.05) is 0 Å². The summed E-state index contributed by atoms with van der Waals surface area (Å²) in [5, 5.41) is 19.3.